The maximum atomic E-state index is 10.6. The smallest absolute Gasteiger partial charge is 0.145 e. The summed E-state index contributed by atoms with van der Waals surface area (Å²) in [5.74, 6) is 0.194. The second-order valence-electron chi connectivity index (χ2n) is 3.73. The van der Waals surface area contributed by atoms with Gasteiger partial charge in [-0.25, -0.2) is 0 Å². The van der Waals surface area contributed by atoms with E-state index in [1.165, 1.54) is 0 Å². The highest BCUT2D eigenvalue weighted by atomic mass is 16.3. The zero-order chi connectivity index (χ0) is 11.5. The van der Waals surface area contributed by atoms with E-state index >= 15 is 0 Å². The van der Waals surface area contributed by atoms with Gasteiger partial charge < -0.3 is 5.11 Å². The summed E-state index contributed by atoms with van der Waals surface area (Å²) in [5, 5.41) is 11.8. The molecule has 0 aliphatic heterocycles. The second-order valence-corrected chi connectivity index (χ2v) is 3.73. The molecule has 80 valence electrons. The Morgan fingerprint density at radius 3 is 2.69 bits per heavy atom. The number of benzene rings is 2. The van der Waals surface area contributed by atoms with Crippen molar-refractivity contribution < 1.29 is 9.90 Å². The van der Waals surface area contributed by atoms with E-state index in [-0.39, 0.29) is 5.75 Å². The fourth-order valence-corrected chi connectivity index (χ4v) is 1.70. The zero-order valence-corrected chi connectivity index (χ0v) is 8.97. The predicted molar refractivity (Wildman–Crippen MR) is 65.3 cm³/mol. The molecule has 0 radical (unpaired) electrons. The zero-order valence-electron chi connectivity index (χ0n) is 8.97. The lowest BCUT2D eigenvalue weighted by Gasteiger charge is -2.05. The molecule has 0 aromatic heterocycles. The number of hydrogen-bond acceptors (Lipinski definition) is 2. The lowest BCUT2D eigenvalue weighted by atomic mass is 10.0. The molecule has 0 saturated heterocycles. The average molecular weight is 212 g/mol. The molecule has 0 aliphatic rings. The van der Waals surface area contributed by atoms with E-state index in [9.17, 15) is 9.90 Å². The summed E-state index contributed by atoms with van der Waals surface area (Å²) in [6, 6.07) is 11.3. The highest BCUT2D eigenvalue weighted by Gasteiger charge is 2.04. The summed E-state index contributed by atoms with van der Waals surface area (Å²) < 4.78 is 0. The minimum absolute atomic E-state index is 0.194. The van der Waals surface area contributed by atoms with Crippen molar-refractivity contribution in [3.05, 3.63) is 47.5 Å². The molecule has 0 bridgehead atoms. The van der Waals surface area contributed by atoms with Gasteiger partial charge in [0.2, 0.25) is 0 Å². The topological polar surface area (TPSA) is 37.3 Å². The molecule has 0 atom stereocenters. The molecule has 0 spiro atoms. The number of carbonyl (C=O) groups is 1. The van der Waals surface area contributed by atoms with Gasteiger partial charge >= 0.3 is 0 Å². The Balaban J connectivity index is 2.75. The fraction of sp³-hybridized carbons (Fsp3) is 0.0714. The van der Waals surface area contributed by atoms with Gasteiger partial charge in [0.25, 0.3) is 0 Å². The average Bonchev–Trinajstić information content (AvgIpc) is 2.32. The summed E-state index contributed by atoms with van der Waals surface area (Å²) >= 11 is 0. The molecular formula is C14H12O2. The number of fused-ring (bicyclic) bond motifs is 1. The minimum atomic E-state index is 0.194. The lowest BCUT2D eigenvalue weighted by Crippen LogP contribution is -1.83. The van der Waals surface area contributed by atoms with Gasteiger partial charge in [0.15, 0.2) is 0 Å². The van der Waals surface area contributed by atoms with Gasteiger partial charge in [-0.05, 0) is 35.4 Å². The first-order valence-electron chi connectivity index (χ1n) is 5.06. The maximum absolute atomic E-state index is 10.6. The Hall–Kier alpha value is -2.09. The number of allylic oxidation sites excluding steroid dienone is 1. The summed E-state index contributed by atoms with van der Waals surface area (Å²) in [6.07, 6.45) is 2.48. The van der Waals surface area contributed by atoms with Gasteiger partial charge in [-0.2, -0.15) is 0 Å². The molecule has 0 aliphatic carbocycles. The molecular weight excluding hydrogens is 200 g/mol. The highest BCUT2D eigenvalue weighted by molar-refractivity contribution is 5.95. The Bertz CT molecular complexity index is 568. The van der Waals surface area contributed by atoms with E-state index in [1.54, 1.807) is 19.1 Å². The fourth-order valence-electron chi connectivity index (χ4n) is 1.70. The first-order chi connectivity index (χ1) is 7.72. The molecule has 2 aromatic carbocycles. The van der Waals surface area contributed by atoms with Crippen LogP contribution in [-0.4, -0.2) is 11.4 Å². The van der Waals surface area contributed by atoms with Crippen LogP contribution in [0.5, 0.6) is 5.75 Å². The molecule has 2 rings (SSSR count). The largest absolute Gasteiger partial charge is 0.507 e. The van der Waals surface area contributed by atoms with Crippen molar-refractivity contribution in [1.82, 2.24) is 0 Å². The normalized spacial score (nSPS) is 11.7. The third kappa shape index (κ3) is 1.82. The molecule has 2 aromatic rings. The van der Waals surface area contributed by atoms with Gasteiger partial charge in [0.1, 0.15) is 12.0 Å². The monoisotopic (exact) mass is 212 g/mol. The van der Waals surface area contributed by atoms with Crippen LogP contribution in [0.3, 0.4) is 0 Å². The van der Waals surface area contributed by atoms with Gasteiger partial charge in [-0.15, -0.1) is 0 Å². The maximum Gasteiger partial charge on any atom is 0.145 e. The van der Waals surface area contributed by atoms with E-state index in [2.05, 4.69) is 0 Å². The van der Waals surface area contributed by atoms with Crippen molar-refractivity contribution in [2.45, 2.75) is 6.92 Å². The van der Waals surface area contributed by atoms with Crippen molar-refractivity contribution in [1.29, 1.82) is 0 Å². The van der Waals surface area contributed by atoms with E-state index in [1.807, 2.05) is 30.3 Å². The van der Waals surface area contributed by atoms with Crippen molar-refractivity contribution >= 4 is 23.1 Å². The van der Waals surface area contributed by atoms with E-state index in [4.69, 9.17) is 0 Å². The van der Waals surface area contributed by atoms with Crippen LogP contribution in [-0.2, 0) is 4.79 Å². The molecule has 0 fully saturated rings. The van der Waals surface area contributed by atoms with Crippen LogP contribution in [0.15, 0.2) is 42.0 Å². The number of phenolic OH excluding ortho intramolecular Hbond substituents is 1. The van der Waals surface area contributed by atoms with Crippen LogP contribution >= 0.6 is 0 Å². The Labute approximate surface area is 93.8 Å². The van der Waals surface area contributed by atoms with E-state index in [0.29, 0.717) is 11.1 Å². The van der Waals surface area contributed by atoms with Crippen LogP contribution in [0.1, 0.15) is 12.5 Å². The third-order valence-electron chi connectivity index (χ3n) is 2.51. The van der Waals surface area contributed by atoms with Crippen molar-refractivity contribution in [2.24, 2.45) is 0 Å². The third-order valence-corrected chi connectivity index (χ3v) is 2.51. The minimum Gasteiger partial charge on any atom is -0.507 e. The second kappa shape index (κ2) is 4.19. The molecule has 2 nitrogen and oxygen atoms in total. The van der Waals surface area contributed by atoms with Crippen molar-refractivity contribution in [3.63, 3.8) is 0 Å². The quantitative estimate of drug-likeness (QED) is 0.613. The number of phenols is 1. The molecule has 0 unspecified atom stereocenters. The molecule has 0 amide bonds. The molecule has 2 heteroatoms. The van der Waals surface area contributed by atoms with E-state index in [0.717, 1.165) is 17.1 Å². The molecule has 0 heterocycles. The summed E-state index contributed by atoms with van der Waals surface area (Å²) in [4.78, 5) is 10.6. The van der Waals surface area contributed by atoms with Gasteiger partial charge in [-0.3, -0.25) is 4.79 Å². The molecule has 1 N–H and O–H groups in total. The molecule has 0 saturated carbocycles. The van der Waals surface area contributed by atoms with Gasteiger partial charge in [0.05, 0.1) is 0 Å². The van der Waals surface area contributed by atoms with Crippen LogP contribution in [0.2, 0.25) is 0 Å². The van der Waals surface area contributed by atoms with Gasteiger partial charge in [-0.1, -0.05) is 30.3 Å². The number of aromatic hydroxyl groups is 1. The Morgan fingerprint density at radius 2 is 1.94 bits per heavy atom. The number of aldehydes is 1. The van der Waals surface area contributed by atoms with Crippen molar-refractivity contribution in [3.8, 4) is 5.75 Å². The van der Waals surface area contributed by atoms with Crippen molar-refractivity contribution in [2.75, 3.05) is 0 Å². The lowest BCUT2D eigenvalue weighted by molar-refractivity contribution is -0.104. The van der Waals surface area contributed by atoms with Crippen LogP contribution in [0, 0.1) is 0 Å². The van der Waals surface area contributed by atoms with Gasteiger partial charge in [0, 0.05) is 5.56 Å². The summed E-state index contributed by atoms with van der Waals surface area (Å²) in [5.41, 5.74) is 1.29. The molecule has 16 heavy (non-hydrogen) atoms. The first-order valence-corrected chi connectivity index (χ1v) is 5.06. The standard InChI is InChI=1S/C14H12O2/c1-10(9-15)8-13-12-5-3-2-4-11(12)6-7-14(13)16/h2-9,16H,1H3/b10-8+. The summed E-state index contributed by atoms with van der Waals surface area (Å²) in [6.45, 7) is 1.72. The highest BCUT2D eigenvalue weighted by Crippen LogP contribution is 2.28. The van der Waals surface area contributed by atoms with Crippen LogP contribution in [0.25, 0.3) is 16.8 Å². The van der Waals surface area contributed by atoms with E-state index < -0.39 is 0 Å². The van der Waals surface area contributed by atoms with Crippen LogP contribution < -0.4 is 0 Å². The first kappa shape index (κ1) is 10.4. The number of carbonyl (C=O) groups excluding carboxylic acids is 1. The Morgan fingerprint density at radius 1 is 1.19 bits per heavy atom. The Kier molecular flexibility index (Phi) is 2.73. The number of rotatable bonds is 2. The summed E-state index contributed by atoms with van der Waals surface area (Å²) in [7, 11) is 0. The van der Waals surface area contributed by atoms with Crippen LogP contribution in [0.4, 0.5) is 0 Å². The predicted octanol–water partition coefficient (Wildman–Crippen LogP) is 3.15. The number of hydrogen-bond donors (Lipinski definition) is 1. The SMILES string of the molecule is C/C(C=O)=C\c1c(O)ccc2ccccc12.